The van der Waals surface area contributed by atoms with E-state index in [1.807, 2.05) is 0 Å². The average molecular weight is 316 g/mol. The molecular formula is C14H15Cl2NO3. The average Bonchev–Trinajstić information content (AvgIpc) is 3.00. The van der Waals surface area contributed by atoms with Gasteiger partial charge in [0.1, 0.15) is 10.1 Å². The number of esters is 1. The summed E-state index contributed by atoms with van der Waals surface area (Å²) in [5.74, 6) is -0.762. The van der Waals surface area contributed by atoms with Crippen LogP contribution in [0.4, 0.5) is 0 Å². The molecule has 1 saturated carbocycles. The highest BCUT2D eigenvalue weighted by molar-refractivity contribution is 6.52. The first-order chi connectivity index (χ1) is 9.22. The number of hydrogen-bond donors (Lipinski definition) is 0. The van der Waals surface area contributed by atoms with Crippen LogP contribution in [0.1, 0.15) is 22.3 Å². The maximum atomic E-state index is 11.9. The molecule has 1 aliphatic carbocycles. The predicted octanol–water partition coefficient (Wildman–Crippen LogP) is 2.80. The minimum Gasteiger partial charge on any atom is -0.426 e. The Morgan fingerprint density at radius 1 is 1.35 bits per heavy atom. The van der Waals surface area contributed by atoms with E-state index in [1.165, 1.54) is 4.90 Å². The van der Waals surface area contributed by atoms with Crippen molar-refractivity contribution >= 4 is 35.1 Å². The van der Waals surface area contributed by atoms with Gasteiger partial charge in [0.15, 0.2) is 0 Å². The summed E-state index contributed by atoms with van der Waals surface area (Å²) in [6, 6.07) is 4.99. The van der Waals surface area contributed by atoms with Gasteiger partial charge < -0.3 is 9.64 Å². The molecule has 108 valence electrons. The Hall–Kier alpha value is -1.26. The van der Waals surface area contributed by atoms with Gasteiger partial charge in [-0.3, -0.25) is 9.59 Å². The Balaban J connectivity index is 2.17. The molecule has 1 amide bonds. The Bertz CT molecular complexity index is 570. The number of halogens is 2. The molecule has 0 saturated heterocycles. The number of aryl methyl sites for hydroxylation is 1. The summed E-state index contributed by atoms with van der Waals surface area (Å²) in [5, 5.41) is 0. The second-order valence-corrected chi connectivity index (χ2v) is 6.66. The normalized spacial score (nSPS) is 19.4. The van der Waals surface area contributed by atoms with Crippen LogP contribution in [0.3, 0.4) is 0 Å². The van der Waals surface area contributed by atoms with E-state index in [0.717, 1.165) is 5.56 Å². The fourth-order valence-electron chi connectivity index (χ4n) is 1.75. The summed E-state index contributed by atoms with van der Waals surface area (Å²) in [5.41, 5.74) is 1.23. The van der Waals surface area contributed by atoms with Gasteiger partial charge in [0.05, 0.1) is 5.92 Å². The third-order valence-electron chi connectivity index (χ3n) is 3.16. The van der Waals surface area contributed by atoms with Gasteiger partial charge in [-0.1, -0.05) is 6.07 Å². The van der Waals surface area contributed by atoms with Crippen LogP contribution in [-0.2, 0) is 4.79 Å². The minimum absolute atomic E-state index is 0.155. The number of amides is 1. The van der Waals surface area contributed by atoms with E-state index in [2.05, 4.69) is 0 Å². The lowest BCUT2D eigenvalue weighted by atomic mass is 10.1. The molecular weight excluding hydrogens is 301 g/mol. The quantitative estimate of drug-likeness (QED) is 0.489. The number of benzene rings is 1. The van der Waals surface area contributed by atoms with Gasteiger partial charge in [0.25, 0.3) is 5.91 Å². The van der Waals surface area contributed by atoms with Gasteiger partial charge in [-0.2, -0.15) is 0 Å². The summed E-state index contributed by atoms with van der Waals surface area (Å²) in [6.07, 6.45) is 0.393. The molecule has 1 fully saturated rings. The zero-order valence-corrected chi connectivity index (χ0v) is 13.0. The molecule has 0 heterocycles. The van der Waals surface area contributed by atoms with E-state index in [0.29, 0.717) is 17.7 Å². The van der Waals surface area contributed by atoms with Crippen molar-refractivity contribution in [2.75, 3.05) is 14.1 Å². The number of carbonyl (C=O) groups is 2. The summed E-state index contributed by atoms with van der Waals surface area (Å²) in [7, 11) is 3.32. The second-order valence-electron chi connectivity index (χ2n) is 5.12. The fraction of sp³-hybridized carbons (Fsp3) is 0.429. The van der Waals surface area contributed by atoms with Crippen LogP contribution >= 0.6 is 23.2 Å². The molecule has 0 aromatic heterocycles. The lowest BCUT2D eigenvalue weighted by molar-refractivity contribution is -0.135. The molecule has 1 aromatic carbocycles. The predicted molar refractivity (Wildman–Crippen MR) is 77.4 cm³/mol. The van der Waals surface area contributed by atoms with Crippen molar-refractivity contribution in [3.8, 4) is 5.75 Å². The van der Waals surface area contributed by atoms with Crippen LogP contribution in [0.15, 0.2) is 18.2 Å². The summed E-state index contributed by atoms with van der Waals surface area (Å²) >= 11 is 11.7. The molecule has 0 aliphatic heterocycles. The zero-order chi connectivity index (χ0) is 15.1. The number of carbonyl (C=O) groups excluding carboxylic acids is 2. The Kier molecular flexibility index (Phi) is 3.98. The highest BCUT2D eigenvalue weighted by Crippen LogP contribution is 2.53. The van der Waals surface area contributed by atoms with Crippen molar-refractivity contribution in [2.45, 2.75) is 17.7 Å². The number of ether oxygens (including phenoxy) is 1. The largest absolute Gasteiger partial charge is 0.426 e. The van der Waals surface area contributed by atoms with Gasteiger partial charge >= 0.3 is 5.97 Å². The molecule has 4 nitrogen and oxygen atoms in total. The van der Waals surface area contributed by atoms with Crippen molar-refractivity contribution in [1.29, 1.82) is 0 Å². The van der Waals surface area contributed by atoms with Gasteiger partial charge in [0, 0.05) is 19.7 Å². The summed E-state index contributed by atoms with van der Waals surface area (Å²) in [4.78, 5) is 25.2. The summed E-state index contributed by atoms with van der Waals surface area (Å²) < 4.78 is 4.28. The Morgan fingerprint density at radius 3 is 2.45 bits per heavy atom. The van der Waals surface area contributed by atoms with E-state index in [-0.39, 0.29) is 5.91 Å². The van der Waals surface area contributed by atoms with Crippen LogP contribution in [-0.4, -0.2) is 35.2 Å². The van der Waals surface area contributed by atoms with Crippen molar-refractivity contribution in [3.05, 3.63) is 29.3 Å². The second kappa shape index (κ2) is 5.26. The lowest BCUT2D eigenvalue weighted by Gasteiger charge is -2.13. The van der Waals surface area contributed by atoms with Crippen LogP contribution < -0.4 is 4.74 Å². The van der Waals surface area contributed by atoms with Crippen LogP contribution in [0.25, 0.3) is 0 Å². The number of rotatable bonds is 3. The molecule has 1 aliphatic rings. The van der Waals surface area contributed by atoms with Crippen molar-refractivity contribution in [1.82, 2.24) is 4.90 Å². The van der Waals surface area contributed by atoms with Gasteiger partial charge in [-0.15, -0.1) is 23.2 Å². The molecule has 1 aromatic rings. The third-order valence-corrected chi connectivity index (χ3v) is 4.00. The Labute approximate surface area is 127 Å². The number of nitrogens with zero attached hydrogens (tertiary/aromatic N) is 1. The molecule has 1 unspecified atom stereocenters. The highest BCUT2D eigenvalue weighted by atomic mass is 35.5. The fourth-order valence-corrected chi connectivity index (χ4v) is 2.24. The van der Waals surface area contributed by atoms with Crippen LogP contribution in [0.2, 0.25) is 0 Å². The van der Waals surface area contributed by atoms with Crippen molar-refractivity contribution in [2.24, 2.45) is 5.92 Å². The molecule has 20 heavy (non-hydrogen) atoms. The number of alkyl halides is 2. The molecule has 0 radical (unpaired) electrons. The standard InChI is InChI=1S/C14H15Cl2NO3/c1-8-4-5-9(12(18)17(2)3)6-11(8)20-13(19)10-7-14(10,15)16/h4-6,10H,7H2,1-3H3. The Morgan fingerprint density at radius 2 is 1.95 bits per heavy atom. The minimum atomic E-state index is -1.01. The molecule has 0 spiro atoms. The first-order valence-corrected chi connectivity index (χ1v) is 6.90. The van der Waals surface area contributed by atoms with Crippen molar-refractivity contribution < 1.29 is 14.3 Å². The monoisotopic (exact) mass is 315 g/mol. The maximum Gasteiger partial charge on any atom is 0.317 e. The van der Waals surface area contributed by atoms with Gasteiger partial charge in [-0.25, -0.2) is 0 Å². The molecule has 6 heteroatoms. The van der Waals surface area contributed by atoms with E-state index in [4.69, 9.17) is 27.9 Å². The van der Waals surface area contributed by atoms with E-state index in [1.54, 1.807) is 39.2 Å². The topological polar surface area (TPSA) is 46.6 Å². The van der Waals surface area contributed by atoms with Crippen LogP contribution in [0, 0.1) is 12.8 Å². The van der Waals surface area contributed by atoms with Crippen molar-refractivity contribution in [3.63, 3.8) is 0 Å². The first kappa shape index (κ1) is 15.1. The zero-order valence-electron chi connectivity index (χ0n) is 11.4. The lowest BCUT2D eigenvalue weighted by Crippen LogP contribution is -2.22. The molecule has 1 atom stereocenters. The van der Waals surface area contributed by atoms with Gasteiger partial charge in [0.2, 0.25) is 0 Å². The maximum absolute atomic E-state index is 11.9. The van der Waals surface area contributed by atoms with E-state index < -0.39 is 16.2 Å². The molecule has 0 N–H and O–H groups in total. The molecule has 2 rings (SSSR count). The molecule has 0 bridgehead atoms. The van der Waals surface area contributed by atoms with E-state index in [9.17, 15) is 9.59 Å². The van der Waals surface area contributed by atoms with Gasteiger partial charge in [-0.05, 0) is 31.0 Å². The highest BCUT2D eigenvalue weighted by Gasteiger charge is 2.57. The smallest absolute Gasteiger partial charge is 0.317 e. The van der Waals surface area contributed by atoms with Crippen LogP contribution in [0.5, 0.6) is 5.75 Å². The number of hydrogen-bond acceptors (Lipinski definition) is 3. The SMILES string of the molecule is Cc1ccc(C(=O)N(C)C)cc1OC(=O)C1CC1(Cl)Cl. The first-order valence-electron chi connectivity index (χ1n) is 6.14. The third kappa shape index (κ3) is 3.07. The van der Waals surface area contributed by atoms with E-state index >= 15 is 0 Å². The summed E-state index contributed by atoms with van der Waals surface area (Å²) in [6.45, 7) is 1.80.